The van der Waals surface area contributed by atoms with Crippen LogP contribution in [-0.2, 0) is 9.59 Å². The molecular formula is C9H19N3O3. The molecule has 0 unspecified atom stereocenters. The molecule has 0 saturated heterocycles. The van der Waals surface area contributed by atoms with Gasteiger partial charge in [-0.1, -0.05) is 0 Å². The average Bonchev–Trinajstić information content (AvgIpc) is 2.20. The number of rotatable bonds is 8. The third kappa shape index (κ3) is 6.87. The molecule has 0 heterocycles. The van der Waals surface area contributed by atoms with E-state index in [1.165, 1.54) is 0 Å². The normalized spacial score (nSPS) is 10.0. The lowest BCUT2D eigenvalue weighted by molar-refractivity contribution is -0.140. The second-order valence-electron chi connectivity index (χ2n) is 3.21. The fourth-order valence-electron chi connectivity index (χ4n) is 1.17. The van der Waals surface area contributed by atoms with Crippen molar-refractivity contribution in [3.8, 4) is 0 Å². The topological polar surface area (TPSA) is 110 Å². The van der Waals surface area contributed by atoms with Gasteiger partial charge in [0.05, 0.1) is 6.42 Å². The van der Waals surface area contributed by atoms with E-state index in [0.717, 1.165) is 0 Å². The van der Waals surface area contributed by atoms with Crippen molar-refractivity contribution in [3.05, 3.63) is 0 Å². The standard InChI is InChI=1S/C9H19N3O3/c10-4-1-6-12(7-5-11)8(13)2-3-9(14)15/h1-7,10-11H2,(H,14,15). The molecule has 0 aromatic heterocycles. The molecule has 0 spiro atoms. The van der Waals surface area contributed by atoms with Crippen LogP contribution in [0.4, 0.5) is 0 Å². The maximum absolute atomic E-state index is 11.5. The van der Waals surface area contributed by atoms with Gasteiger partial charge in [0.2, 0.25) is 5.91 Å². The Kier molecular flexibility index (Phi) is 7.57. The minimum absolute atomic E-state index is 0.0277. The van der Waals surface area contributed by atoms with Crippen LogP contribution < -0.4 is 11.5 Å². The zero-order chi connectivity index (χ0) is 11.7. The van der Waals surface area contributed by atoms with Gasteiger partial charge < -0.3 is 21.5 Å². The first-order valence-corrected chi connectivity index (χ1v) is 5.01. The molecule has 5 N–H and O–H groups in total. The fraction of sp³-hybridized carbons (Fsp3) is 0.778. The van der Waals surface area contributed by atoms with Gasteiger partial charge in [-0.3, -0.25) is 9.59 Å². The van der Waals surface area contributed by atoms with Crippen LogP contribution in [0.3, 0.4) is 0 Å². The molecule has 0 aliphatic rings. The first-order valence-electron chi connectivity index (χ1n) is 5.01. The zero-order valence-electron chi connectivity index (χ0n) is 8.82. The van der Waals surface area contributed by atoms with Gasteiger partial charge in [0, 0.05) is 26.1 Å². The minimum Gasteiger partial charge on any atom is -0.481 e. The lowest BCUT2D eigenvalue weighted by Gasteiger charge is -2.21. The fourth-order valence-corrected chi connectivity index (χ4v) is 1.17. The van der Waals surface area contributed by atoms with E-state index in [4.69, 9.17) is 16.6 Å². The van der Waals surface area contributed by atoms with Crippen LogP contribution in [0.1, 0.15) is 19.3 Å². The molecule has 0 aliphatic heterocycles. The Morgan fingerprint density at radius 2 is 1.73 bits per heavy atom. The highest BCUT2D eigenvalue weighted by molar-refractivity contribution is 5.80. The number of carboxylic acid groups (broad SMARTS) is 1. The number of hydrogen-bond acceptors (Lipinski definition) is 4. The van der Waals surface area contributed by atoms with Crippen molar-refractivity contribution in [1.82, 2.24) is 4.90 Å². The molecule has 0 atom stereocenters. The van der Waals surface area contributed by atoms with Crippen molar-refractivity contribution in [2.45, 2.75) is 19.3 Å². The number of carbonyl (C=O) groups is 2. The van der Waals surface area contributed by atoms with Crippen molar-refractivity contribution in [2.24, 2.45) is 11.5 Å². The zero-order valence-corrected chi connectivity index (χ0v) is 8.82. The average molecular weight is 217 g/mol. The van der Waals surface area contributed by atoms with Gasteiger partial charge in [-0.05, 0) is 13.0 Å². The maximum Gasteiger partial charge on any atom is 0.303 e. The molecule has 0 saturated carbocycles. The first kappa shape index (κ1) is 13.9. The third-order valence-corrected chi connectivity index (χ3v) is 1.94. The molecule has 15 heavy (non-hydrogen) atoms. The van der Waals surface area contributed by atoms with E-state index in [2.05, 4.69) is 0 Å². The molecule has 0 aliphatic carbocycles. The molecule has 0 rings (SSSR count). The molecule has 88 valence electrons. The Labute approximate surface area is 89.2 Å². The van der Waals surface area contributed by atoms with Gasteiger partial charge in [-0.15, -0.1) is 0 Å². The molecule has 0 bridgehead atoms. The van der Waals surface area contributed by atoms with Gasteiger partial charge in [-0.25, -0.2) is 0 Å². The molecule has 6 heteroatoms. The second-order valence-corrected chi connectivity index (χ2v) is 3.21. The predicted molar refractivity (Wildman–Crippen MR) is 56.2 cm³/mol. The van der Waals surface area contributed by atoms with Crippen molar-refractivity contribution in [3.63, 3.8) is 0 Å². The smallest absolute Gasteiger partial charge is 0.303 e. The van der Waals surface area contributed by atoms with E-state index in [1.807, 2.05) is 0 Å². The van der Waals surface area contributed by atoms with Gasteiger partial charge in [0.15, 0.2) is 0 Å². The Morgan fingerprint density at radius 1 is 1.07 bits per heavy atom. The quantitative estimate of drug-likeness (QED) is 0.482. The van der Waals surface area contributed by atoms with Crippen LogP contribution in [0.2, 0.25) is 0 Å². The van der Waals surface area contributed by atoms with Crippen LogP contribution in [0.15, 0.2) is 0 Å². The summed E-state index contributed by atoms with van der Waals surface area (Å²) in [5.41, 5.74) is 10.7. The summed E-state index contributed by atoms with van der Waals surface area (Å²) in [6.45, 7) is 1.89. The molecule has 0 aromatic rings. The summed E-state index contributed by atoms with van der Waals surface area (Å²) in [6.07, 6.45) is 0.598. The van der Waals surface area contributed by atoms with Gasteiger partial charge in [0.1, 0.15) is 0 Å². The molecule has 0 radical (unpaired) electrons. The van der Waals surface area contributed by atoms with Crippen LogP contribution in [0.5, 0.6) is 0 Å². The highest BCUT2D eigenvalue weighted by Crippen LogP contribution is 1.99. The van der Waals surface area contributed by atoms with Crippen LogP contribution >= 0.6 is 0 Å². The highest BCUT2D eigenvalue weighted by atomic mass is 16.4. The Bertz CT molecular complexity index is 209. The van der Waals surface area contributed by atoms with E-state index in [9.17, 15) is 9.59 Å². The van der Waals surface area contributed by atoms with Crippen molar-refractivity contribution in [1.29, 1.82) is 0 Å². The number of nitrogens with zero attached hydrogens (tertiary/aromatic N) is 1. The van der Waals surface area contributed by atoms with Gasteiger partial charge >= 0.3 is 5.97 Å². The second kappa shape index (κ2) is 8.19. The maximum atomic E-state index is 11.5. The van der Waals surface area contributed by atoms with E-state index >= 15 is 0 Å². The molecular weight excluding hydrogens is 198 g/mol. The summed E-state index contributed by atoms with van der Waals surface area (Å²) in [7, 11) is 0. The largest absolute Gasteiger partial charge is 0.481 e. The number of hydrogen-bond donors (Lipinski definition) is 3. The molecule has 6 nitrogen and oxygen atoms in total. The van der Waals surface area contributed by atoms with Crippen molar-refractivity contribution in [2.75, 3.05) is 26.2 Å². The van der Waals surface area contributed by atoms with E-state index in [1.54, 1.807) is 4.90 Å². The number of carbonyl (C=O) groups excluding carboxylic acids is 1. The Morgan fingerprint density at radius 3 is 2.20 bits per heavy atom. The predicted octanol–water partition coefficient (Wildman–Crippen LogP) is -1.01. The summed E-state index contributed by atoms with van der Waals surface area (Å²) in [4.78, 5) is 23.4. The van der Waals surface area contributed by atoms with Crippen LogP contribution in [0.25, 0.3) is 0 Å². The minimum atomic E-state index is -0.963. The first-order chi connectivity index (χ1) is 7.11. The summed E-state index contributed by atoms with van der Waals surface area (Å²) in [5, 5.41) is 8.43. The van der Waals surface area contributed by atoms with Crippen molar-refractivity contribution < 1.29 is 14.7 Å². The number of carboxylic acids is 1. The molecule has 1 amide bonds. The Balaban J connectivity index is 3.97. The molecule has 0 aromatic carbocycles. The third-order valence-electron chi connectivity index (χ3n) is 1.94. The number of amides is 1. The lowest BCUT2D eigenvalue weighted by atomic mass is 10.2. The van der Waals surface area contributed by atoms with E-state index in [-0.39, 0.29) is 18.7 Å². The summed E-state index contributed by atoms with van der Waals surface area (Å²) in [6, 6.07) is 0. The summed E-state index contributed by atoms with van der Waals surface area (Å²) >= 11 is 0. The van der Waals surface area contributed by atoms with Crippen molar-refractivity contribution >= 4 is 11.9 Å². The molecule has 0 fully saturated rings. The summed E-state index contributed by atoms with van der Waals surface area (Å²) in [5.74, 6) is -1.13. The van der Waals surface area contributed by atoms with Crippen LogP contribution in [0, 0.1) is 0 Å². The van der Waals surface area contributed by atoms with Gasteiger partial charge in [-0.2, -0.15) is 0 Å². The SMILES string of the molecule is NCCCN(CCN)C(=O)CCC(=O)O. The van der Waals surface area contributed by atoms with E-state index < -0.39 is 5.97 Å². The van der Waals surface area contributed by atoms with Crippen LogP contribution in [-0.4, -0.2) is 48.1 Å². The monoisotopic (exact) mass is 217 g/mol. The summed E-state index contributed by atoms with van der Waals surface area (Å²) < 4.78 is 0. The van der Waals surface area contributed by atoms with Gasteiger partial charge in [0.25, 0.3) is 0 Å². The van der Waals surface area contributed by atoms with E-state index in [0.29, 0.717) is 32.6 Å². The number of aliphatic carboxylic acids is 1. The Hall–Kier alpha value is -1.14. The lowest BCUT2D eigenvalue weighted by Crippen LogP contribution is -2.37. The highest BCUT2D eigenvalue weighted by Gasteiger charge is 2.13. The number of nitrogens with two attached hydrogens (primary N) is 2.